The highest BCUT2D eigenvalue weighted by Gasteiger charge is 2.32. The molecule has 1 saturated heterocycles. The summed E-state index contributed by atoms with van der Waals surface area (Å²) in [5, 5.41) is 8.91. The average molecular weight is 283 g/mol. The fraction of sp³-hybridized carbons (Fsp3) is 0.667. The maximum absolute atomic E-state index is 11.5. The van der Waals surface area contributed by atoms with Crippen LogP contribution in [0, 0.1) is 0 Å². The number of nitrogens with zero attached hydrogens (tertiary/aromatic N) is 1. The lowest BCUT2D eigenvalue weighted by Crippen LogP contribution is -2.41. The minimum Gasteiger partial charge on any atom is -0.444 e. The van der Waals surface area contributed by atoms with E-state index in [0.717, 1.165) is 0 Å². The van der Waals surface area contributed by atoms with Crippen LogP contribution >= 0.6 is 0 Å². The molecule has 0 saturated carbocycles. The van der Waals surface area contributed by atoms with Crippen molar-refractivity contribution in [3.8, 4) is 0 Å². The van der Waals surface area contributed by atoms with Crippen molar-refractivity contribution >= 4 is 6.09 Å². The SMILES string of the molecule is C1=CCCC=C1.CC(C)(C)OC(=O)N1CCOC1CO. The van der Waals surface area contributed by atoms with Gasteiger partial charge in [0, 0.05) is 0 Å². The average Bonchev–Trinajstić information content (AvgIpc) is 2.88. The van der Waals surface area contributed by atoms with Gasteiger partial charge >= 0.3 is 6.09 Å². The van der Waals surface area contributed by atoms with Crippen molar-refractivity contribution < 1.29 is 19.4 Å². The predicted octanol–water partition coefficient (Wildman–Crippen LogP) is 2.46. The number of hydrogen-bond acceptors (Lipinski definition) is 4. The zero-order valence-corrected chi connectivity index (χ0v) is 12.5. The molecule has 1 amide bonds. The first-order valence-corrected chi connectivity index (χ1v) is 6.98. The normalized spacial score (nSPS) is 21.4. The molecule has 1 heterocycles. The fourth-order valence-corrected chi connectivity index (χ4v) is 1.74. The first-order chi connectivity index (χ1) is 9.44. The molecule has 2 rings (SSSR count). The van der Waals surface area contributed by atoms with Crippen LogP contribution in [0.1, 0.15) is 33.6 Å². The van der Waals surface area contributed by atoms with Crippen molar-refractivity contribution in [2.45, 2.75) is 45.4 Å². The zero-order chi connectivity index (χ0) is 15.0. The molecule has 5 heteroatoms. The van der Waals surface area contributed by atoms with E-state index < -0.39 is 17.9 Å². The summed E-state index contributed by atoms with van der Waals surface area (Å²) in [5.74, 6) is 0. The van der Waals surface area contributed by atoms with Gasteiger partial charge in [0.2, 0.25) is 0 Å². The molecular formula is C15H25NO4. The molecule has 20 heavy (non-hydrogen) atoms. The molecule has 2 aliphatic rings. The Balaban J connectivity index is 0.000000276. The van der Waals surface area contributed by atoms with Gasteiger partial charge in [-0.2, -0.15) is 0 Å². The monoisotopic (exact) mass is 283 g/mol. The lowest BCUT2D eigenvalue weighted by Gasteiger charge is -2.26. The van der Waals surface area contributed by atoms with E-state index in [0.29, 0.717) is 13.2 Å². The molecule has 114 valence electrons. The summed E-state index contributed by atoms with van der Waals surface area (Å²) >= 11 is 0. The van der Waals surface area contributed by atoms with Gasteiger partial charge in [0.25, 0.3) is 0 Å². The van der Waals surface area contributed by atoms with Crippen LogP contribution in [-0.4, -0.2) is 47.7 Å². The summed E-state index contributed by atoms with van der Waals surface area (Å²) in [7, 11) is 0. The molecule has 1 atom stereocenters. The Labute approximate surface area is 120 Å². The summed E-state index contributed by atoms with van der Waals surface area (Å²) < 4.78 is 10.3. The summed E-state index contributed by atoms with van der Waals surface area (Å²) in [6.45, 7) is 6.13. The molecule has 0 aromatic heterocycles. The van der Waals surface area contributed by atoms with E-state index in [9.17, 15) is 4.79 Å². The van der Waals surface area contributed by atoms with Crippen LogP contribution in [0.4, 0.5) is 4.79 Å². The highest BCUT2D eigenvalue weighted by Crippen LogP contribution is 2.15. The van der Waals surface area contributed by atoms with Crippen LogP contribution in [-0.2, 0) is 9.47 Å². The highest BCUT2D eigenvalue weighted by atomic mass is 16.6. The number of allylic oxidation sites excluding steroid dienone is 4. The number of aliphatic hydroxyl groups is 1. The third-order valence-corrected chi connectivity index (χ3v) is 2.66. The maximum atomic E-state index is 11.5. The summed E-state index contributed by atoms with van der Waals surface area (Å²) in [6, 6.07) is 0. The molecule has 0 aromatic carbocycles. The van der Waals surface area contributed by atoms with Crippen LogP contribution in [0.25, 0.3) is 0 Å². The van der Waals surface area contributed by atoms with E-state index in [1.807, 2.05) is 0 Å². The second kappa shape index (κ2) is 8.07. The minimum atomic E-state index is -0.551. The molecule has 5 nitrogen and oxygen atoms in total. The molecule has 1 aliphatic carbocycles. The molecule has 0 radical (unpaired) electrons. The number of carbonyl (C=O) groups is 1. The number of ether oxygens (including phenoxy) is 2. The molecular weight excluding hydrogens is 258 g/mol. The van der Waals surface area contributed by atoms with Crippen LogP contribution < -0.4 is 0 Å². The third kappa shape index (κ3) is 6.21. The van der Waals surface area contributed by atoms with Gasteiger partial charge < -0.3 is 14.6 Å². The van der Waals surface area contributed by atoms with E-state index >= 15 is 0 Å². The van der Waals surface area contributed by atoms with Crippen molar-refractivity contribution in [2.75, 3.05) is 19.8 Å². The Morgan fingerprint density at radius 1 is 1.35 bits per heavy atom. The second-order valence-corrected chi connectivity index (χ2v) is 5.62. The van der Waals surface area contributed by atoms with E-state index in [-0.39, 0.29) is 6.61 Å². The topological polar surface area (TPSA) is 59.0 Å². The number of amides is 1. The Hall–Kier alpha value is -1.33. The molecule has 1 N–H and O–H groups in total. The Bertz CT molecular complexity index is 345. The molecule has 1 fully saturated rings. The van der Waals surface area contributed by atoms with Crippen molar-refractivity contribution in [1.29, 1.82) is 0 Å². The van der Waals surface area contributed by atoms with Crippen molar-refractivity contribution in [1.82, 2.24) is 4.90 Å². The van der Waals surface area contributed by atoms with Crippen molar-refractivity contribution in [2.24, 2.45) is 0 Å². The van der Waals surface area contributed by atoms with Gasteiger partial charge in [-0.3, -0.25) is 4.90 Å². The van der Waals surface area contributed by atoms with Crippen LogP contribution in [0.2, 0.25) is 0 Å². The van der Waals surface area contributed by atoms with Gasteiger partial charge in [0.05, 0.1) is 19.8 Å². The number of hydrogen-bond donors (Lipinski definition) is 1. The third-order valence-electron chi connectivity index (χ3n) is 2.66. The maximum Gasteiger partial charge on any atom is 0.412 e. The highest BCUT2D eigenvalue weighted by molar-refractivity contribution is 5.68. The van der Waals surface area contributed by atoms with Gasteiger partial charge in [0.15, 0.2) is 6.23 Å². The van der Waals surface area contributed by atoms with Gasteiger partial charge in [-0.25, -0.2) is 4.79 Å². The second-order valence-electron chi connectivity index (χ2n) is 5.62. The Morgan fingerprint density at radius 2 is 1.95 bits per heavy atom. The number of aliphatic hydroxyl groups excluding tert-OH is 1. The lowest BCUT2D eigenvalue weighted by atomic mass is 10.2. The lowest BCUT2D eigenvalue weighted by molar-refractivity contribution is -0.0298. The smallest absolute Gasteiger partial charge is 0.412 e. The van der Waals surface area contributed by atoms with E-state index in [1.165, 1.54) is 17.7 Å². The molecule has 0 bridgehead atoms. The Morgan fingerprint density at radius 3 is 2.35 bits per heavy atom. The summed E-state index contributed by atoms with van der Waals surface area (Å²) in [5.41, 5.74) is -0.514. The summed E-state index contributed by atoms with van der Waals surface area (Å²) in [6.07, 6.45) is 10.0. The van der Waals surface area contributed by atoms with Gasteiger partial charge in [-0.15, -0.1) is 0 Å². The summed E-state index contributed by atoms with van der Waals surface area (Å²) in [4.78, 5) is 12.9. The van der Waals surface area contributed by atoms with Crippen LogP contribution in [0.15, 0.2) is 24.3 Å². The zero-order valence-electron chi connectivity index (χ0n) is 12.5. The van der Waals surface area contributed by atoms with Gasteiger partial charge in [0.1, 0.15) is 5.60 Å². The Kier molecular flexibility index (Phi) is 6.75. The number of rotatable bonds is 1. The van der Waals surface area contributed by atoms with Crippen molar-refractivity contribution in [3.05, 3.63) is 24.3 Å². The first-order valence-electron chi connectivity index (χ1n) is 6.98. The van der Waals surface area contributed by atoms with E-state index in [2.05, 4.69) is 24.3 Å². The van der Waals surface area contributed by atoms with Crippen LogP contribution in [0.5, 0.6) is 0 Å². The van der Waals surface area contributed by atoms with Gasteiger partial charge in [-0.05, 0) is 33.6 Å². The molecule has 1 aliphatic heterocycles. The molecule has 0 spiro atoms. The predicted molar refractivity (Wildman–Crippen MR) is 77.3 cm³/mol. The molecule has 1 unspecified atom stereocenters. The van der Waals surface area contributed by atoms with E-state index in [1.54, 1.807) is 20.8 Å². The largest absolute Gasteiger partial charge is 0.444 e. The minimum absolute atomic E-state index is 0.195. The van der Waals surface area contributed by atoms with Crippen molar-refractivity contribution in [3.63, 3.8) is 0 Å². The fourth-order valence-electron chi connectivity index (χ4n) is 1.74. The first kappa shape index (κ1) is 16.7. The molecule has 0 aromatic rings. The van der Waals surface area contributed by atoms with E-state index in [4.69, 9.17) is 14.6 Å². The number of carbonyl (C=O) groups excluding carboxylic acids is 1. The van der Waals surface area contributed by atoms with Crippen LogP contribution in [0.3, 0.4) is 0 Å². The van der Waals surface area contributed by atoms with Gasteiger partial charge in [-0.1, -0.05) is 24.3 Å². The standard InChI is InChI=1S/C9H17NO4.C6H8/c1-9(2,3)14-8(12)10-4-5-13-7(10)6-11;1-2-4-6-5-3-1/h7,11H,4-6H2,1-3H3;1-4H,5-6H2. The quantitative estimate of drug-likeness (QED) is 0.803.